The van der Waals surface area contributed by atoms with Gasteiger partial charge in [-0.1, -0.05) is 30.3 Å². The maximum Gasteiger partial charge on any atom is 0.262 e. The molecule has 4 rings (SSSR count). The van der Waals surface area contributed by atoms with Crippen LogP contribution in [0, 0.1) is 0 Å². The van der Waals surface area contributed by atoms with Gasteiger partial charge in [-0.3, -0.25) is 4.79 Å². The molecule has 2 aliphatic rings. The molecule has 2 aromatic rings. The summed E-state index contributed by atoms with van der Waals surface area (Å²) in [6.45, 7) is 0.643. The molecule has 0 heterocycles. The molecule has 0 unspecified atom stereocenters. The Morgan fingerprint density at radius 2 is 1.69 bits per heavy atom. The molecule has 2 saturated carbocycles. The number of benzene rings is 2. The van der Waals surface area contributed by atoms with Crippen molar-refractivity contribution in [3.8, 4) is 5.75 Å². The lowest BCUT2D eigenvalue weighted by Crippen LogP contribution is -2.68. The van der Waals surface area contributed by atoms with E-state index >= 15 is 0 Å². The van der Waals surface area contributed by atoms with Crippen molar-refractivity contribution in [2.75, 3.05) is 11.9 Å². The molecule has 0 spiro atoms. The first-order chi connectivity index (χ1) is 14.0. The van der Waals surface area contributed by atoms with E-state index in [1.807, 2.05) is 54.6 Å². The molecule has 2 aromatic carbocycles. The molecule has 154 valence electrons. The Kier molecular flexibility index (Phi) is 5.58. The maximum absolute atomic E-state index is 11.9. The summed E-state index contributed by atoms with van der Waals surface area (Å²) >= 11 is 0. The highest BCUT2D eigenvalue weighted by Gasteiger charge is 2.59. The Morgan fingerprint density at radius 1 is 1.00 bits per heavy atom. The smallest absolute Gasteiger partial charge is 0.262 e. The number of amides is 1. The van der Waals surface area contributed by atoms with Crippen LogP contribution in [0.1, 0.15) is 37.7 Å². The number of rotatable bonds is 8. The summed E-state index contributed by atoms with van der Waals surface area (Å²) < 4.78 is 5.54. The van der Waals surface area contributed by atoms with Gasteiger partial charge in [0.1, 0.15) is 5.75 Å². The number of nitrogens with one attached hydrogen (secondary N) is 2. The van der Waals surface area contributed by atoms with Crippen LogP contribution < -0.4 is 15.4 Å². The van der Waals surface area contributed by atoms with E-state index in [0.29, 0.717) is 38.0 Å². The molecular formula is C23H28N2O4. The number of carbonyl (C=O) groups is 1. The highest BCUT2D eigenvalue weighted by atomic mass is 16.5. The molecule has 0 atom stereocenters. The zero-order valence-electron chi connectivity index (χ0n) is 16.4. The minimum atomic E-state index is -0.916. The largest absolute Gasteiger partial charge is 0.484 e. The monoisotopic (exact) mass is 396 g/mol. The zero-order chi connectivity index (χ0) is 20.3. The lowest BCUT2D eigenvalue weighted by molar-refractivity contribution is -0.232. The average Bonchev–Trinajstić information content (AvgIpc) is 2.68. The highest BCUT2D eigenvalue weighted by molar-refractivity contribution is 5.91. The Hall–Kier alpha value is -2.41. The van der Waals surface area contributed by atoms with Crippen molar-refractivity contribution in [2.45, 2.75) is 55.9 Å². The van der Waals surface area contributed by atoms with E-state index in [0.717, 1.165) is 17.7 Å². The van der Waals surface area contributed by atoms with E-state index in [2.05, 4.69) is 10.6 Å². The van der Waals surface area contributed by atoms with Gasteiger partial charge in [0.2, 0.25) is 0 Å². The van der Waals surface area contributed by atoms with Crippen LogP contribution in [0.15, 0.2) is 54.6 Å². The number of hydrogen-bond acceptors (Lipinski definition) is 5. The van der Waals surface area contributed by atoms with Gasteiger partial charge in [0.15, 0.2) is 6.61 Å². The molecule has 29 heavy (non-hydrogen) atoms. The third-order valence-electron chi connectivity index (χ3n) is 6.16. The summed E-state index contributed by atoms with van der Waals surface area (Å²) in [5.74, 6) is 0.440. The predicted octanol–water partition coefficient (Wildman–Crippen LogP) is 2.60. The minimum Gasteiger partial charge on any atom is -0.484 e. The van der Waals surface area contributed by atoms with Crippen molar-refractivity contribution in [2.24, 2.45) is 0 Å². The molecule has 0 aromatic heterocycles. The molecule has 0 bridgehead atoms. The summed E-state index contributed by atoms with van der Waals surface area (Å²) in [7, 11) is 0. The standard InChI is InChI=1S/C23H28N2O4/c26-21(25-18-5-2-1-3-6-18)16-29-20-9-7-17(8-10-20)15-24-19-13-23(28,14-19)22(27)11-4-12-22/h1-3,5-10,19,24,27-28H,4,11-16H2,(H,25,26). The predicted molar refractivity (Wildman–Crippen MR) is 111 cm³/mol. The van der Waals surface area contributed by atoms with Gasteiger partial charge in [0.25, 0.3) is 5.91 Å². The fourth-order valence-electron chi connectivity index (χ4n) is 4.09. The minimum absolute atomic E-state index is 0.0456. The number of ether oxygens (including phenoxy) is 1. The third-order valence-corrected chi connectivity index (χ3v) is 6.16. The van der Waals surface area contributed by atoms with Crippen LogP contribution in [0.25, 0.3) is 0 Å². The molecule has 4 N–H and O–H groups in total. The van der Waals surface area contributed by atoms with E-state index < -0.39 is 11.2 Å². The molecular weight excluding hydrogens is 368 g/mol. The van der Waals surface area contributed by atoms with E-state index in [9.17, 15) is 15.0 Å². The number of para-hydroxylation sites is 1. The number of carbonyl (C=O) groups excluding carboxylic acids is 1. The van der Waals surface area contributed by atoms with Gasteiger partial charge in [0, 0.05) is 18.3 Å². The fourth-order valence-corrected chi connectivity index (χ4v) is 4.09. The van der Waals surface area contributed by atoms with Crippen molar-refractivity contribution in [3.05, 3.63) is 60.2 Å². The molecule has 2 fully saturated rings. The quantitative estimate of drug-likeness (QED) is 0.551. The Balaban J connectivity index is 1.17. The van der Waals surface area contributed by atoms with Crippen LogP contribution >= 0.6 is 0 Å². The van der Waals surface area contributed by atoms with Gasteiger partial charge in [-0.2, -0.15) is 0 Å². The van der Waals surface area contributed by atoms with Gasteiger partial charge in [0.05, 0.1) is 11.2 Å². The lowest BCUT2D eigenvalue weighted by atomic mass is 9.58. The summed E-state index contributed by atoms with van der Waals surface area (Å²) in [6.07, 6.45) is 3.61. The highest BCUT2D eigenvalue weighted by Crippen LogP contribution is 2.50. The van der Waals surface area contributed by atoms with Crippen molar-refractivity contribution >= 4 is 11.6 Å². The van der Waals surface area contributed by atoms with E-state index in [4.69, 9.17) is 4.74 Å². The lowest BCUT2D eigenvalue weighted by Gasteiger charge is -2.57. The fraction of sp³-hybridized carbons (Fsp3) is 0.435. The van der Waals surface area contributed by atoms with Gasteiger partial charge in [-0.15, -0.1) is 0 Å². The Labute approximate surface area is 170 Å². The second kappa shape index (κ2) is 8.14. The number of hydrogen-bond donors (Lipinski definition) is 4. The van der Waals surface area contributed by atoms with Crippen molar-refractivity contribution < 1.29 is 19.7 Å². The average molecular weight is 396 g/mol. The summed E-state index contributed by atoms with van der Waals surface area (Å²) in [6, 6.07) is 17.1. The topological polar surface area (TPSA) is 90.8 Å². The second-order valence-electron chi connectivity index (χ2n) is 8.25. The molecule has 0 aliphatic heterocycles. The van der Waals surface area contributed by atoms with Gasteiger partial charge in [-0.05, 0) is 61.9 Å². The SMILES string of the molecule is O=C(COc1ccc(CNC2CC(O)(C3(O)CCC3)C2)cc1)Nc1ccccc1. The van der Waals surface area contributed by atoms with Gasteiger partial charge < -0.3 is 25.6 Å². The molecule has 0 saturated heterocycles. The number of aliphatic hydroxyl groups is 2. The third kappa shape index (κ3) is 4.45. The first kappa shape index (κ1) is 19.9. The summed E-state index contributed by atoms with van der Waals surface area (Å²) in [5.41, 5.74) is 0.0662. The summed E-state index contributed by atoms with van der Waals surface area (Å²) in [4.78, 5) is 11.9. The van der Waals surface area contributed by atoms with Crippen molar-refractivity contribution in [1.29, 1.82) is 0 Å². The summed E-state index contributed by atoms with van der Waals surface area (Å²) in [5, 5.41) is 27.1. The Bertz CT molecular complexity index is 828. The zero-order valence-corrected chi connectivity index (χ0v) is 16.4. The van der Waals surface area contributed by atoms with Crippen LogP contribution in [-0.2, 0) is 11.3 Å². The van der Waals surface area contributed by atoms with E-state index in [1.54, 1.807) is 0 Å². The number of anilines is 1. The van der Waals surface area contributed by atoms with Crippen LogP contribution in [0.4, 0.5) is 5.69 Å². The van der Waals surface area contributed by atoms with Crippen LogP contribution in [0.5, 0.6) is 5.75 Å². The van der Waals surface area contributed by atoms with Crippen LogP contribution in [0.3, 0.4) is 0 Å². The van der Waals surface area contributed by atoms with Crippen molar-refractivity contribution in [1.82, 2.24) is 5.32 Å². The van der Waals surface area contributed by atoms with Gasteiger partial charge in [-0.25, -0.2) is 0 Å². The first-order valence-corrected chi connectivity index (χ1v) is 10.2. The molecule has 6 nitrogen and oxygen atoms in total. The normalized spacial score (nSPS) is 24.8. The first-order valence-electron chi connectivity index (χ1n) is 10.2. The van der Waals surface area contributed by atoms with Crippen LogP contribution in [0.2, 0.25) is 0 Å². The second-order valence-corrected chi connectivity index (χ2v) is 8.25. The van der Waals surface area contributed by atoms with Gasteiger partial charge >= 0.3 is 0 Å². The van der Waals surface area contributed by atoms with E-state index in [1.165, 1.54) is 0 Å². The van der Waals surface area contributed by atoms with Crippen molar-refractivity contribution in [3.63, 3.8) is 0 Å². The maximum atomic E-state index is 11.9. The molecule has 1 amide bonds. The molecule has 6 heteroatoms. The van der Waals surface area contributed by atoms with Crippen LogP contribution in [-0.4, -0.2) is 40.0 Å². The van der Waals surface area contributed by atoms with E-state index in [-0.39, 0.29) is 18.6 Å². The molecule has 2 aliphatic carbocycles. The Morgan fingerprint density at radius 3 is 2.31 bits per heavy atom. The molecule has 0 radical (unpaired) electrons.